The molecular formula is C23H24N2O2. The van der Waals surface area contributed by atoms with Gasteiger partial charge in [-0.15, -0.1) is 0 Å². The molecule has 0 aliphatic rings. The Morgan fingerprint density at radius 2 is 1.70 bits per heavy atom. The van der Waals surface area contributed by atoms with Gasteiger partial charge in [0.15, 0.2) is 0 Å². The molecule has 4 nitrogen and oxygen atoms in total. The van der Waals surface area contributed by atoms with Crippen molar-refractivity contribution >= 4 is 17.4 Å². The van der Waals surface area contributed by atoms with E-state index in [0.717, 1.165) is 28.3 Å². The van der Waals surface area contributed by atoms with E-state index in [2.05, 4.69) is 5.32 Å². The average Bonchev–Trinajstić information content (AvgIpc) is 2.68. The molecular weight excluding hydrogens is 336 g/mol. The third-order valence-corrected chi connectivity index (χ3v) is 4.16. The minimum absolute atomic E-state index is 0.173. The van der Waals surface area contributed by atoms with Crippen molar-refractivity contribution < 1.29 is 9.53 Å². The van der Waals surface area contributed by atoms with E-state index in [0.29, 0.717) is 13.2 Å². The molecule has 0 aliphatic heterocycles. The summed E-state index contributed by atoms with van der Waals surface area (Å²) in [5.41, 5.74) is 3.76. The van der Waals surface area contributed by atoms with Gasteiger partial charge in [0.1, 0.15) is 5.75 Å². The van der Waals surface area contributed by atoms with Crippen molar-refractivity contribution in [1.29, 1.82) is 0 Å². The third kappa shape index (κ3) is 5.11. The number of aryl methyl sites for hydroxylation is 1. The molecule has 0 aromatic heterocycles. The van der Waals surface area contributed by atoms with Crippen LogP contribution in [0.15, 0.2) is 78.9 Å². The normalized spacial score (nSPS) is 10.3. The van der Waals surface area contributed by atoms with Gasteiger partial charge >= 0.3 is 6.03 Å². The number of hydrogen-bond donors (Lipinski definition) is 1. The Kier molecular flexibility index (Phi) is 6.10. The number of nitrogens with one attached hydrogen (secondary N) is 1. The van der Waals surface area contributed by atoms with Gasteiger partial charge in [0.2, 0.25) is 0 Å². The summed E-state index contributed by atoms with van der Waals surface area (Å²) in [6.07, 6.45) is 0. The van der Waals surface area contributed by atoms with Crippen LogP contribution in [0.25, 0.3) is 0 Å². The van der Waals surface area contributed by atoms with E-state index in [1.54, 1.807) is 4.90 Å². The van der Waals surface area contributed by atoms with Gasteiger partial charge in [0.05, 0.1) is 13.2 Å². The summed E-state index contributed by atoms with van der Waals surface area (Å²) in [6, 6.07) is 25.2. The monoisotopic (exact) mass is 360 g/mol. The zero-order valence-corrected chi connectivity index (χ0v) is 15.7. The van der Waals surface area contributed by atoms with Gasteiger partial charge in [-0.3, -0.25) is 4.90 Å². The molecule has 4 heteroatoms. The highest BCUT2D eigenvalue weighted by Gasteiger charge is 2.17. The van der Waals surface area contributed by atoms with Crippen LogP contribution in [0, 0.1) is 6.92 Å². The fraction of sp³-hybridized carbons (Fsp3) is 0.174. The number of rotatable bonds is 6. The maximum absolute atomic E-state index is 13.0. The molecule has 3 aromatic carbocycles. The molecule has 2 amide bonds. The molecule has 0 fully saturated rings. The number of carbonyl (C=O) groups is 1. The molecule has 0 spiro atoms. The van der Waals surface area contributed by atoms with E-state index >= 15 is 0 Å². The second-order valence-corrected chi connectivity index (χ2v) is 6.30. The highest BCUT2D eigenvalue weighted by Crippen LogP contribution is 2.23. The summed E-state index contributed by atoms with van der Waals surface area (Å²) < 4.78 is 5.51. The molecule has 0 atom stereocenters. The van der Waals surface area contributed by atoms with E-state index in [-0.39, 0.29) is 6.03 Å². The van der Waals surface area contributed by atoms with Gasteiger partial charge in [-0.05, 0) is 61.4 Å². The van der Waals surface area contributed by atoms with Crippen molar-refractivity contribution in [2.45, 2.75) is 20.4 Å². The standard InChI is InChI=1S/C23H24N2O2/c1-3-27-22-14-12-21(13-15-22)25(17-19-9-5-4-6-10-19)23(26)24-20-11-7-8-18(2)16-20/h4-16H,3,17H2,1-2H3,(H,24,26). The van der Waals surface area contributed by atoms with Crippen molar-refractivity contribution in [3.63, 3.8) is 0 Å². The highest BCUT2D eigenvalue weighted by atomic mass is 16.5. The molecule has 27 heavy (non-hydrogen) atoms. The fourth-order valence-corrected chi connectivity index (χ4v) is 2.85. The number of carbonyl (C=O) groups excluding carboxylic acids is 1. The number of ether oxygens (including phenoxy) is 1. The molecule has 0 heterocycles. The van der Waals surface area contributed by atoms with E-state index < -0.39 is 0 Å². The Bertz CT molecular complexity index is 876. The molecule has 1 N–H and O–H groups in total. The first kappa shape index (κ1) is 18.5. The summed E-state index contributed by atoms with van der Waals surface area (Å²) >= 11 is 0. The lowest BCUT2D eigenvalue weighted by Crippen LogP contribution is -2.34. The van der Waals surface area contributed by atoms with Crippen molar-refractivity contribution in [2.24, 2.45) is 0 Å². The molecule has 0 bridgehead atoms. The molecule has 0 saturated carbocycles. The molecule has 3 rings (SSSR count). The zero-order chi connectivity index (χ0) is 19.1. The number of anilines is 2. The van der Waals surface area contributed by atoms with Crippen LogP contribution in [-0.2, 0) is 6.54 Å². The second-order valence-electron chi connectivity index (χ2n) is 6.30. The molecule has 0 aliphatic carbocycles. The summed E-state index contributed by atoms with van der Waals surface area (Å²) in [5, 5.41) is 3.00. The van der Waals surface area contributed by atoms with Crippen molar-refractivity contribution in [3.8, 4) is 5.75 Å². The summed E-state index contributed by atoms with van der Waals surface area (Å²) in [7, 11) is 0. The molecule has 138 valence electrons. The Morgan fingerprint density at radius 1 is 0.963 bits per heavy atom. The van der Waals surface area contributed by atoms with Crippen LogP contribution >= 0.6 is 0 Å². The first-order valence-electron chi connectivity index (χ1n) is 9.07. The van der Waals surface area contributed by atoms with E-state index in [1.807, 2.05) is 92.7 Å². The van der Waals surface area contributed by atoms with Gasteiger partial charge < -0.3 is 10.1 Å². The molecule has 3 aromatic rings. The van der Waals surface area contributed by atoms with Crippen LogP contribution in [0.1, 0.15) is 18.1 Å². The summed E-state index contributed by atoms with van der Waals surface area (Å²) in [5.74, 6) is 0.792. The average molecular weight is 360 g/mol. The number of amides is 2. The summed E-state index contributed by atoms with van der Waals surface area (Å²) in [4.78, 5) is 14.8. The quantitative estimate of drug-likeness (QED) is 0.619. The van der Waals surface area contributed by atoms with Crippen molar-refractivity contribution in [3.05, 3.63) is 90.0 Å². The van der Waals surface area contributed by atoms with Crippen LogP contribution in [0.2, 0.25) is 0 Å². The predicted molar refractivity (Wildman–Crippen MR) is 110 cm³/mol. The van der Waals surface area contributed by atoms with Crippen LogP contribution in [-0.4, -0.2) is 12.6 Å². The van der Waals surface area contributed by atoms with Gasteiger partial charge in [0, 0.05) is 11.4 Å². The lowest BCUT2D eigenvalue weighted by Gasteiger charge is -2.24. The van der Waals surface area contributed by atoms with E-state index in [9.17, 15) is 4.79 Å². The second kappa shape index (κ2) is 8.90. The van der Waals surface area contributed by atoms with Crippen LogP contribution in [0.4, 0.5) is 16.2 Å². The Balaban J connectivity index is 1.85. The lowest BCUT2D eigenvalue weighted by molar-refractivity contribution is 0.256. The minimum atomic E-state index is -0.173. The molecule has 0 saturated heterocycles. The zero-order valence-electron chi connectivity index (χ0n) is 15.7. The number of benzene rings is 3. The smallest absolute Gasteiger partial charge is 0.326 e. The third-order valence-electron chi connectivity index (χ3n) is 4.16. The summed E-state index contributed by atoms with van der Waals surface area (Å²) in [6.45, 7) is 5.04. The van der Waals surface area contributed by atoms with Gasteiger partial charge in [-0.25, -0.2) is 4.79 Å². The van der Waals surface area contributed by atoms with Crippen molar-refractivity contribution in [1.82, 2.24) is 0 Å². The van der Waals surface area contributed by atoms with Crippen LogP contribution < -0.4 is 15.0 Å². The largest absolute Gasteiger partial charge is 0.494 e. The van der Waals surface area contributed by atoms with E-state index in [1.165, 1.54) is 0 Å². The predicted octanol–water partition coefficient (Wildman–Crippen LogP) is 5.63. The SMILES string of the molecule is CCOc1ccc(N(Cc2ccccc2)C(=O)Nc2cccc(C)c2)cc1. The minimum Gasteiger partial charge on any atom is -0.494 e. The van der Waals surface area contributed by atoms with Crippen molar-refractivity contribution in [2.75, 3.05) is 16.8 Å². The number of hydrogen-bond acceptors (Lipinski definition) is 2. The van der Waals surface area contributed by atoms with Gasteiger partial charge in [-0.1, -0.05) is 42.5 Å². The topological polar surface area (TPSA) is 41.6 Å². The Morgan fingerprint density at radius 3 is 2.37 bits per heavy atom. The Hall–Kier alpha value is -3.27. The Labute approximate surface area is 160 Å². The number of nitrogens with zero attached hydrogens (tertiary/aromatic N) is 1. The highest BCUT2D eigenvalue weighted by molar-refractivity contribution is 6.01. The van der Waals surface area contributed by atoms with Gasteiger partial charge in [0.25, 0.3) is 0 Å². The lowest BCUT2D eigenvalue weighted by atomic mass is 10.2. The van der Waals surface area contributed by atoms with Crippen LogP contribution in [0.3, 0.4) is 0 Å². The maximum Gasteiger partial charge on any atom is 0.326 e. The number of urea groups is 1. The van der Waals surface area contributed by atoms with Crippen LogP contribution in [0.5, 0.6) is 5.75 Å². The maximum atomic E-state index is 13.0. The van der Waals surface area contributed by atoms with E-state index in [4.69, 9.17) is 4.74 Å². The fourth-order valence-electron chi connectivity index (χ4n) is 2.85. The first-order valence-corrected chi connectivity index (χ1v) is 9.07. The molecule has 0 radical (unpaired) electrons. The first-order chi connectivity index (χ1) is 13.2. The molecule has 0 unspecified atom stereocenters. The van der Waals surface area contributed by atoms with Gasteiger partial charge in [-0.2, -0.15) is 0 Å².